The molecule has 1 aliphatic heterocycles. The molecule has 8 nitrogen and oxygen atoms in total. The smallest absolute Gasteiger partial charge is 0.305 e. The molecule has 45 heavy (non-hydrogen) atoms. The van der Waals surface area contributed by atoms with Crippen molar-refractivity contribution in [3.63, 3.8) is 0 Å². The highest BCUT2D eigenvalue weighted by Gasteiger charge is 2.55. The summed E-state index contributed by atoms with van der Waals surface area (Å²) in [7, 11) is 0. The van der Waals surface area contributed by atoms with Crippen molar-refractivity contribution in [2.75, 3.05) is 13.2 Å². The van der Waals surface area contributed by atoms with Gasteiger partial charge in [0.05, 0.1) is 19.1 Å². The quantitative estimate of drug-likeness (QED) is 0.309. The van der Waals surface area contributed by atoms with E-state index in [0.29, 0.717) is 41.6 Å². The molecule has 1 spiro atoms. The van der Waals surface area contributed by atoms with Gasteiger partial charge in [-0.1, -0.05) is 50.3 Å². The number of aliphatic imine (C=N–C) groups is 1. The van der Waals surface area contributed by atoms with Gasteiger partial charge in [-0.3, -0.25) is 19.4 Å². The number of aliphatic carboxylic acids is 1. The first-order valence-corrected chi connectivity index (χ1v) is 16.3. The fourth-order valence-corrected chi connectivity index (χ4v) is 7.46. The van der Waals surface area contributed by atoms with E-state index in [0.717, 1.165) is 55.4 Å². The molecule has 3 aliphatic carbocycles. The molecule has 4 aliphatic rings. The van der Waals surface area contributed by atoms with Crippen LogP contribution in [0.15, 0.2) is 77.8 Å². The first-order valence-electron chi connectivity index (χ1n) is 16.3. The normalized spacial score (nSPS) is 26.5. The number of hydrogen-bond acceptors (Lipinski definition) is 5. The zero-order chi connectivity index (χ0) is 31.6. The third kappa shape index (κ3) is 6.90. The van der Waals surface area contributed by atoms with E-state index in [2.05, 4.69) is 48.4 Å². The Morgan fingerprint density at radius 3 is 2.38 bits per heavy atom. The van der Waals surface area contributed by atoms with Crippen molar-refractivity contribution < 1.29 is 24.2 Å². The van der Waals surface area contributed by atoms with Crippen LogP contribution in [0.5, 0.6) is 5.75 Å². The van der Waals surface area contributed by atoms with Crippen molar-refractivity contribution in [3.8, 4) is 5.75 Å². The summed E-state index contributed by atoms with van der Waals surface area (Å²) in [6.45, 7) is 5.21. The number of allylic oxidation sites excluding steroid dienone is 3. The Hall–Kier alpha value is -4.20. The molecule has 2 amide bonds. The second kappa shape index (κ2) is 13.0. The SMILES string of the molecule is CC1CC(C)CC2(C1)N=C(c1ccc(OCC3C=CC=CC3)cc1)C(=O)N2C(c1ccc(C(=O)NCCC(=O)O)cc1)C1CC1. The summed E-state index contributed by atoms with van der Waals surface area (Å²) >= 11 is 0. The van der Waals surface area contributed by atoms with Gasteiger partial charge in [0, 0.05) is 23.6 Å². The summed E-state index contributed by atoms with van der Waals surface area (Å²) in [6.07, 6.45) is 14.1. The lowest BCUT2D eigenvalue weighted by Gasteiger charge is -2.47. The Bertz CT molecular complexity index is 1500. The molecule has 8 heteroatoms. The van der Waals surface area contributed by atoms with Crippen molar-refractivity contribution in [2.45, 2.75) is 70.5 Å². The van der Waals surface area contributed by atoms with Crippen molar-refractivity contribution >= 4 is 23.5 Å². The standard InChI is InChI=1S/C37H43N3O5/c1-24-20-25(2)22-37(21-24)39-33(27-14-16-31(17-15-27)45-23-26-6-4-3-5-7-26)36(44)40(37)34(28-8-9-28)29-10-12-30(13-11-29)35(43)38-19-18-32(41)42/h3-6,10-17,24-26,28,34H,7-9,18-23H2,1-2H3,(H,38,43)(H,41,42). The molecule has 2 fully saturated rings. The Kier molecular flexibility index (Phi) is 8.92. The van der Waals surface area contributed by atoms with Crippen LogP contribution < -0.4 is 10.1 Å². The van der Waals surface area contributed by atoms with E-state index in [4.69, 9.17) is 14.8 Å². The number of rotatable bonds is 11. The van der Waals surface area contributed by atoms with E-state index in [-0.39, 0.29) is 30.8 Å². The molecular weight excluding hydrogens is 566 g/mol. The van der Waals surface area contributed by atoms with Crippen LogP contribution in [-0.2, 0) is 9.59 Å². The first kappa shape index (κ1) is 30.8. The predicted octanol–water partition coefficient (Wildman–Crippen LogP) is 6.34. The van der Waals surface area contributed by atoms with E-state index in [1.54, 1.807) is 12.1 Å². The third-order valence-electron chi connectivity index (χ3n) is 9.49. The van der Waals surface area contributed by atoms with Gasteiger partial charge < -0.3 is 20.1 Å². The van der Waals surface area contributed by atoms with Crippen LogP contribution in [0.2, 0.25) is 0 Å². The maximum absolute atomic E-state index is 14.5. The van der Waals surface area contributed by atoms with Crippen LogP contribution >= 0.6 is 0 Å². The van der Waals surface area contributed by atoms with Gasteiger partial charge in [-0.05, 0) is 98.2 Å². The summed E-state index contributed by atoms with van der Waals surface area (Å²) in [5.74, 6) is 1.05. The molecule has 2 saturated carbocycles. The zero-order valence-electron chi connectivity index (χ0n) is 26.2. The molecule has 0 radical (unpaired) electrons. The van der Waals surface area contributed by atoms with Gasteiger partial charge in [0.15, 0.2) is 0 Å². The summed E-state index contributed by atoms with van der Waals surface area (Å²) < 4.78 is 6.07. The Morgan fingerprint density at radius 2 is 1.76 bits per heavy atom. The van der Waals surface area contributed by atoms with E-state index < -0.39 is 11.6 Å². The highest BCUT2D eigenvalue weighted by atomic mass is 16.5. The molecule has 0 bridgehead atoms. The molecule has 236 valence electrons. The first-order chi connectivity index (χ1) is 21.7. The number of nitrogens with one attached hydrogen (secondary N) is 1. The number of nitrogens with zero attached hydrogens (tertiary/aromatic N) is 2. The minimum Gasteiger partial charge on any atom is -0.493 e. The lowest BCUT2D eigenvalue weighted by atomic mass is 9.75. The second-order valence-corrected chi connectivity index (χ2v) is 13.4. The zero-order valence-corrected chi connectivity index (χ0v) is 26.2. The number of hydrogen-bond donors (Lipinski definition) is 2. The fourth-order valence-electron chi connectivity index (χ4n) is 7.46. The molecular formula is C37H43N3O5. The van der Waals surface area contributed by atoms with Gasteiger partial charge in [-0.2, -0.15) is 0 Å². The van der Waals surface area contributed by atoms with Crippen LogP contribution in [0.4, 0.5) is 0 Å². The second-order valence-electron chi connectivity index (χ2n) is 13.4. The summed E-state index contributed by atoms with van der Waals surface area (Å²) in [5, 5.41) is 11.6. The number of carbonyl (C=O) groups is 3. The molecule has 0 aromatic heterocycles. The van der Waals surface area contributed by atoms with Gasteiger partial charge in [-0.15, -0.1) is 0 Å². The highest BCUT2D eigenvalue weighted by molar-refractivity contribution is 6.46. The monoisotopic (exact) mass is 609 g/mol. The van der Waals surface area contributed by atoms with Crippen molar-refractivity contribution in [1.82, 2.24) is 10.2 Å². The number of amides is 2. The number of benzene rings is 2. The van der Waals surface area contributed by atoms with E-state index >= 15 is 0 Å². The summed E-state index contributed by atoms with van der Waals surface area (Å²) in [6, 6.07) is 15.1. The fraction of sp³-hybridized carbons (Fsp3) is 0.459. The maximum Gasteiger partial charge on any atom is 0.305 e. The van der Waals surface area contributed by atoms with Crippen LogP contribution in [0.25, 0.3) is 0 Å². The van der Waals surface area contributed by atoms with Crippen LogP contribution in [0, 0.1) is 23.7 Å². The van der Waals surface area contributed by atoms with Gasteiger partial charge in [0.25, 0.3) is 11.8 Å². The molecule has 6 rings (SSSR count). The number of carboxylic acids is 1. The molecule has 4 atom stereocenters. The number of ether oxygens (including phenoxy) is 1. The highest BCUT2D eigenvalue weighted by Crippen LogP contribution is 2.53. The summed E-state index contributed by atoms with van der Waals surface area (Å²) in [4.78, 5) is 45.4. The van der Waals surface area contributed by atoms with Crippen molar-refractivity contribution in [1.29, 1.82) is 0 Å². The minimum atomic E-state index is -0.954. The molecule has 2 N–H and O–H groups in total. The predicted molar refractivity (Wildman–Crippen MR) is 173 cm³/mol. The average molecular weight is 610 g/mol. The lowest BCUT2D eigenvalue weighted by Crippen LogP contribution is -2.53. The van der Waals surface area contributed by atoms with E-state index in [9.17, 15) is 14.4 Å². The largest absolute Gasteiger partial charge is 0.493 e. The molecule has 2 aromatic rings. The number of carbonyl (C=O) groups excluding carboxylic acids is 2. The van der Waals surface area contributed by atoms with Crippen molar-refractivity contribution in [2.24, 2.45) is 28.7 Å². The van der Waals surface area contributed by atoms with E-state index in [1.807, 2.05) is 36.4 Å². The Labute approximate surface area is 265 Å². The van der Waals surface area contributed by atoms with E-state index in [1.165, 1.54) is 0 Å². The van der Waals surface area contributed by atoms with Crippen LogP contribution in [0.3, 0.4) is 0 Å². The van der Waals surface area contributed by atoms with Crippen LogP contribution in [0.1, 0.15) is 86.3 Å². The Morgan fingerprint density at radius 1 is 1.04 bits per heavy atom. The third-order valence-corrected chi connectivity index (χ3v) is 9.49. The van der Waals surface area contributed by atoms with Crippen molar-refractivity contribution in [3.05, 3.63) is 89.5 Å². The number of carboxylic acid groups (broad SMARTS) is 1. The molecule has 2 aromatic carbocycles. The average Bonchev–Trinajstić information content (AvgIpc) is 3.83. The Balaban J connectivity index is 1.26. The molecule has 0 saturated heterocycles. The molecule has 4 unspecified atom stereocenters. The summed E-state index contributed by atoms with van der Waals surface area (Å²) in [5.41, 5.74) is 2.19. The molecule has 1 heterocycles. The van der Waals surface area contributed by atoms with Crippen LogP contribution in [-0.4, -0.2) is 52.3 Å². The van der Waals surface area contributed by atoms with Gasteiger partial charge in [0.2, 0.25) is 0 Å². The van der Waals surface area contributed by atoms with Gasteiger partial charge in [-0.25, -0.2) is 0 Å². The minimum absolute atomic E-state index is 0.0310. The maximum atomic E-state index is 14.5. The van der Waals surface area contributed by atoms with Gasteiger partial charge >= 0.3 is 5.97 Å². The lowest BCUT2D eigenvalue weighted by molar-refractivity contribution is -0.137. The van der Waals surface area contributed by atoms with Gasteiger partial charge in [0.1, 0.15) is 17.1 Å². The topological polar surface area (TPSA) is 108 Å².